The van der Waals surface area contributed by atoms with Crippen LogP contribution in [0.3, 0.4) is 0 Å². The minimum absolute atomic E-state index is 0.279. The fourth-order valence-electron chi connectivity index (χ4n) is 2.25. The molecule has 1 atom stereocenters. The van der Waals surface area contributed by atoms with Crippen LogP contribution in [0.4, 0.5) is 0 Å². The van der Waals surface area contributed by atoms with E-state index in [4.69, 9.17) is 11.6 Å². The van der Waals surface area contributed by atoms with E-state index < -0.39 is 0 Å². The monoisotopic (exact) mass is 289 g/mol. The SMILES string of the molecule is CC(C)C(NCc1ccc(O)cc1)c1ccc(Cl)cc1. The van der Waals surface area contributed by atoms with Crippen molar-refractivity contribution in [3.05, 3.63) is 64.7 Å². The van der Waals surface area contributed by atoms with Crippen molar-refractivity contribution in [1.29, 1.82) is 0 Å². The van der Waals surface area contributed by atoms with Crippen molar-refractivity contribution < 1.29 is 5.11 Å². The molecule has 2 rings (SSSR count). The number of benzene rings is 2. The van der Waals surface area contributed by atoms with Gasteiger partial charge in [0.2, 0.25) is 0 Å². The van der Waals surface area contributed by atoms with E-state index in [1.807, 2.05) is 24.3 Å². The summed E-state index contributed by atoms with van der Waals surface area (Å²) in [7, 11) is 0. The first kappa shape index (κ1) is 14.9. The zero-order valence-electron chi connectivity index (χ0n) is 11.8. The van der Waals surface area contributed by atoms with Gasteiger partial charge in [-0.3, -0.25) is 0 Å². The van der Waals surface area contributed by atoms with E-state index >= 15 is 0 Å². The van der Waals surface area contributed by atoms with Gasteiger partial charge in [0.15, 0.2) is 0 Å². The van der Waals surface area contributed by atoms with E-state index in [1.54, 1.807) is 12.1 Å². The van der Waals surface area contributed by atoms with Crippen LogP contribution in [0.5, 0.6) is 5.75 Å². The van der Waals surface area contributed by atoms with E-state index in [0.29, 0.717) is 11.7 Å². The molecule has 0 bridgehead atoms. The Morgan fingerprint density at radius 2 is 1.60 bits per heavy atom. The smallest absolute Gasteiger partial charge is 0.115 e. The number of aromatic hydroxyl groups is 1. The van der Waals surface area contributed by atoms with Gasteiger partial charge >= 0.3 is 0 Å². The van der Waals surface area contributed by atoms with Crippen molar-refractivity contribution in [2.75, 3.05) is 0 Å². The first-order chi connectivity index (χ1) is 9.56. The van der Waals surface area contributed by atoms with Crippen LogP contribution in [0.2, 0.25) is 5.02 Å². The molecule has 0 aromatic heterocycles. The summed E-state index contributed by atoms with van der Waals surface area (Å²) in [5, 5.41) is 13.6. The van der Waals surface area contributed by atoms with E-state index in [2.05, 4.69) is 31.3 Å². The van der Waals surface area contributed by atoms with E-state index in [0.717, 1.165) is 17.1 Å². The fraction of sp³-hybridized carbons (Fsp3) is 0.294. The summed E-state index contributed by atoms with van der Waals surface area (Å²) in [6, 6.07) is 15.5. The van der Waals surface area contributed by atoms with Crippen molar-refractivity contribution in [2.45, 2.75) is 26.4 Å². The first-order valence-corrected chi connectivity index (χ1v) is 7.21. The van der Waals surface area contributed by atoms with Crippen LogP contribution in [-0.2, 0) is 6.54 Å². The summed E-state index contributed by atoms with van der Waals surface area (Å²) in [5.74, 6) is 0.778. The summed E-state index contributed by atoms with van der Waals surface area (Å²) in [4.78, 5) is 0. The highest BCUT2D eigenvalue weighted by Crippen LogP contribution is 2.24. The number of phenolic OH excluding ortho intramolecular Hbond substituents is 1. The predicted molar refractivity (Wildman–Crippen MR) is 84.0 cm³/mol. The van der Waals surface area contributed by atoms with Crippen LogP contribution in [0.25, 0.3) is 0 Å². The summed E-state index contributed by atoms with van der Waals surface area (Å²) >= 11 is 5.94. The Morgan fingerprint density at radius 1 is 1.00 bits per heavy atom. The normalized spacial score (nSPS) is 12.6. The molecule has 2 N–H and O–H groups in total. The van der Waals surface area contributed by atoms with Crippen molar-refractivity contribution in [3.63, 3.8) is 0 Å². The molecule has 0 aliphatic carbocycles. The molecular weight excluding hydrogens is 270 g/mol. The standard InChI is InChI=1S/C17H20ClNO/c1-12(2)17(14-5-7-15(18)8-6-14)19-11-13-3-9-16(20)10-4-13/h3-10,12,17,19-20H,11H2,1-2H3. The van der Waals surface area contributed by atoms with Crippen LogP contribution < -0.4 is 5.32 Å². The van der Waals surface area contributed by atoms with Gasteiger partial charge in [-0.2, -0.15) is 0 Å². The number of hydrogen-bond donors (Lipinski definition) is 2. The quantitative estimate of drug-likeness (QED) is 0.847. The molecule has 0 saturated heterocycles. The number of halogens is 1. The molecule has 0 amide bonds. The minimum Gasteiger partial charge on any atom is -0.508 e. The zero-order valence-corrected chi connectivity index (χ0v) is 12.6. The molecule has 106 valence electrons. The van der Waals surface area contributed by atoms with E-state index in [9.17, 15) is 5.11 Å². The Balaban J connectivity index is 2.06. The third kappa shape index (κ3) is 3.99. The second kappa shape index (κ2) is 6.78. The molecule has 2 nitrogen and oxygen atoms in total. The molecule has 2 aromatic rings. The molecule has 0 aliphatic heterocycles. The average Bonchev–Trinajstić information content (AvgIpc) is 2.43. The Labute approximate surface area is 125 Å². The molecule has 20 heavy (non-hydrogen) atoms. The van der Waals surface area contributed by atoms with E-state index in [-0.39, 0.29) is 6.04 Å². The van der Waals surface area contributed by atoms with E-state index in [1.165, 1.54) is 5.56 Å². The Hall–Kier alpha value is -1.51. The number of hydrogen-bond acceptors (Lipinski definition) is 2. The lowest BCUT2D eigenvalue weighted by atomic mass is 9.96. The second-order valence-corrected chi connectivity index (χ2v) is 5.76. The summed E-state index contributed by atoms with van der Waals surface area (Å²) in [6.07, 6.45) is 0. The Kier molecular flexibility index (Phi) is 5.05. The van der Waals surface area contributed by atoms with Gasteiger partial charge in [0.1, 0.15) is 5.75 Å². The Morgan fingerprint density at radius 3 is 2.15 bits per heavy atom. The van der Waals surface area contributed by atoms with Gasteiger partial charge in [-0.05, 0) is 41.3 Å². The van der Waals surface area contributed by atoms with Gasteiger partial charge in [0, 0.05) is 17.6 Å². The molecule has 1 unspecified atom stereocenters. The summed E-state index contributed by atoms with van der Waals surface area (Å²) < 4.78 is 0. The molecule has 0 fully saturated rings. The molecule has 0 spiro atoms. The summed E-state index contributed by atoms with van der Waals surface area (Å²) in [5.41, 5.74) is 2.39. The lowest BCUT2D eigenvalue weighted by Crippen LogP contribution is -2.25. The number of nitrogens with one attached hydrogen (secondary N) is 1. The van der Waals surface area contributed by atoms with Gasteiger partial charge in [-0.15, -0.1) is 0 Å². The highest BCUT2D eigenvalue weighted by molar-refractivity contribution is 6.30. The van der Waals surface area contributed by atoms with Gasteiger partial charge in [-0.1, -0.05) is 49.7 Å². The molecular formula is C17H20ClNO. The lowest BCUT2D eigenvalue weighted by Gasteiger charge is -2.23. The predicted octanol–water partition coefficient (Wildman–Crippen LogP) is 4.53. The largest absolute Gasteiger partial charge is 0.508 e. The van der Waals surface area contributed by atoms with Crippen LogP contribution in [-0.4, -0.2) is 5.11 Å². The highest BCUT2D eigenvalue weighted by atomic mass is 35.5. The van der Waals surface area contributed by atoms with Crippen LogP contribution >= 0.6 is 11.6 Å². The van der Waals surface area contributed by atoms with Crippen LogP contribution in [0.15, 0.2) is 48.5 Å². The maximum atomic E-state index is 9.29. The van der Waals surface area contributed by atoms with Crippen LogP contribution in [0, 0.1) is 5.92 Å². The van der Waals surface area contributed by atoms with Crippen molar-refractivity contribution >= 4 is 11.6 Å². The number of phenols is 1. The maximum Gasteiger partial charge on any atom is 0.115 e. The topological polar surface area (TPSA) is 32.3 Å². The highest BCUT2D eigenvalue weighted by Gasteiger charge is 2.15. The molecule has 0 saturated carbocycles. The van der Waals surface area contributed by atoms with Crippen LogP contribution in [0.1, 0.15) is 31.0 Å². The minimum atomic E-state index is 0.279. The molecule has 0 heterocycles. The Bertz CT molecular complexity index is 534. The number of rotatable bonds is 5. The molecule has 2 aromatic carbocycles. The fourth-order valence-corrected chi connectivity index (χ4v) is 2.38. The van der Waals surface area contributed by atoms with Gasteiger partial charge < -0.3 is 10.4 Å². The van der Waals surface area contributed by atoms with Crippen molar-refractivity contribution in [2.24, 2.45) is 5.92 Å². The molecule has 0 radical (unpaired) electrons. The second-order valence-electron chi connectivity index (χ2n) is 5.32. The van der Waals surface area contributed by atoms with Crippen molar-refractivity contribution in [3.8, 4) is 5.75 Å². The summed E-state index contributed by atoms with van der Waals surface area (Å²) in [6.45, 7) is 5.16. The lowest BCUT2D eigenvalue weighted by molar-refractivity contribution is 0.410. The third-order valence-corrected chi connectivity index (χ3v) is 3.61. The van der Waals surface area contributed by atoms with Gasteiger partial charge in [0.25, 0.3) is 0 Å². The average molecular weight is 290 g/mol. The molecule has 3 heteroatoms. The maximum absolute atomic E-state index is 9.29. The van der Waals surface area contributed by atoms with Crippen molar-refractivity contribution in [1.82, 2.24) is 5.32 Å². The van der Waals surface area contributed by atoms with Gasteiger partial charge in [0.05, 0.1) is 0 Å². The zero-order chi connectivity index (χ0) is 14.5. The third-order valence-electron chi connectivity index (χ3n) is 3.36. The first-order valence-electron chi connectivity index (χ1n) is 6.83. The van der Waals surface area contributed by atoms with Gasteiger partial charge in [-0.25, -0.2) is 0 Å². The molecule has 0 aliphatic rings.